The number of rotatable bonds is 6. The standard InChI is InChI=1S/C30H31F3N6O/c1-38(19-7-10-34-15-19)28-22-16-35-26(20-6-2-5-18-13-23(31)24(32)14-21(18)20)25(33)27(22)36-29(37-28)40-17-30-8-3-11-39(30)12-4-9-30/h2,5-6,13-14,16,19,34H,3-4,7-12,15,17H2,1H3. The van der Waals surface area contributed by atoms with Gasteiger partial charge in [0, 0.05) is 31.4 Å². The van der Waals surface area contributed by atoms with Crippen LogP contribution in [0.15, 0.2) is 36.5 Å². The molecule has 10 heteroatoms. The summed E-state index contributed by atoms with van der Waals surface area (Å²) in [7, 11) is 1.95. The lowest BCUT2D eigenvalue weighted by Crippen LogP contribution is -2.43. The topological polar surface area (TPSA) is 66.4 Å². The van der Waals surface area contributed by atoms with Crippen molar-refractivity contribution in [3.05, 3.63) is 54.0 Å². The first-order chi connectivity index (χ1) is 19.4. The van der Waals surface area contributed by atoms with E-state index in [0.29, 0.717) is 34.1 Å². The van der Waals surface area contributed by atoms with Crippen molar-refractivity contribution in [2.24, 2.45) is 0 Å². The summed E-state index contributed by atoms with van der Waals surface area (Å²) in [4.78, 5) is 18.4. The summed E-state index contributed by atoms with van der Waals surface area (Å²) in [5.41, 5.74) is 0.457. The minimum absolute atomic E-state index is 0.00992. The molecule has 4 aromatic rings. The number of nitrogens with zero attached hydrogens (tertiary/aromatic N) is 5. The van der Waals surface area contributed by atoms with Crippen molar-refractivity contribution in [3.8, 4) is 17.3 Å². The zero-order valence-corrected chi connectivity index (χ0v) is 22.4. The lowest BCUT2D eigenvalue weighted by molar-refractivity contribution is 0.108. The van der Waals surface area contributed by atoms with Crippen LogP contribution in [0.5, 0.6) is 6.01 Å². The molecule has 2 aromatic carbocycles. The van der Waals surface area contributed by atoms with Crippen LogP contribution in [0, 0.1) is 17.5 Å². The van der Waals surface area contributed by atoms with E-state index in [4.69, 9.17) is 9.72 Å². The van der Waals surface area contributed by atoms with Crippen LogP contribution in [-0.4, -0.2) is 71.3 Å². The van der Waals surface area contributed by atoms with E-state index in [1.165, 1.54) is 0 Å². The molecule has 40 heavy (non-hydrogen) atoms. The van der Waals surface area contributed by atoms with E-state index in [1.807, 2.05) is 11.9 Å². The number of hydrogen-bond donors (Lipinski definition) is 1. The van der Waals surface area contributed by atoms with Gasteiger partial charge in [-0.1, -0.05) is 18.2 Å². The van der Waals surface area contributed by atoms with E-state index < -0.39 is 17.5 Å². The van der Waals surface area contributed by atoms with Crippen molar-refractivity contribution in [2.75, 3.05) is 44.7 Å². The van der Waals surface area contributed by atoms with Gasteiger partial charge in [0.05, 0.1) is 10.9 Å². The van der Waals surface area contributed by atoms with Crippen molar-refractivity contribution in [1.29, 1.82) is 0 Å². The van der Waals surface area contributed by atoms with Crippen molar-refractivity contribution in [3.63, 3.8) is 0 Å². The SMILES string of the molecule is CN(c1nc(OCC23CCCN2CCC3)nc2c(F)c(-c3cccc4cc(F)c(F)cc34)ncc12)C1CCNC1. The number of aromatic nitrogens is 3. The number of halogens is 3. The Morgan fingerprint density at radius 1 is 1.07 bits per heavy atom. The predicted molar refractivity (Wildman–Crippen MR) is 148 cm³/mol. The third kappa shape index (κ3) is 4.16. The van der Waals surface area contributed by atoms with Gasteiger partial charge >= 0.3 is 6.01 Å². The summed E-state index contributed by atoms with van der Waals surface area (Å²) in [6, 6.07) is 7.50. The lowest BCUT2D eigenvalue weighted by atomic mass is 9.95. The van der Waals surface area contributed by atoms with Crippen LogP contribution < -0.4 is 15.0 Å². The highest BCUT2D eigenvalue weighted by Gasteiger charge is 2.45. The third-order valence-electron chi connectivity index (χ3n) is 9.02. The highest BCUT2D eigenvalue weighted by atomic mass is 19.2. The highest BCUT2D eigenvalue weighted by Crippen LogP contribution is 2.40. The molecule has 7 rings (SSSR count). The number of anilines is 1. The molecular weight excluding hydrogens is 517 g/mol. The second-order valence-corrected chi connectivity index (χ2v) is 11.3. The highest BCUT2D eigenvalue weighted by molar-refractivity contribution is 5.99. The number of nitrogens with one attached hydrogen (secondary N) is 1. The molecule has 3 saturated heterocycles. The molecule has 208 valence electrons. The van der Waals surface area contributed by atoms with Crippen molar-refractivity contribution in [2.45, 2.75) is 43.7 Å². The Balaban J connectivity index is 1.35. The molecule has 7 nitrogen and oxygen atoms in total. The fourth-order valence-electron chi connectivity index (χ4n) is 6.82. The van der Waals surface area contributed by atoms with Crippen LogP contribution in [0.25, 0.3) is 32.9 Å². The maximum Gasteiger partial charge on any atom is 0.319 e. The van der Waals surface area contributed by atoms with Crippen LogP contribution >= 0.6 is 0 Å². The van der Waals surface area contributed by atoms with Gasteiger partial charge in [0.15, 0.2) is 17.5 Å². The molecule has 1 atom stereocenters. The second-order valence-electron chi connectivity index (χ2n) is 11.3. The van der Waals surface area contributed by atoms with Gasteiger partial charge < -0.3 is 15.0 Å². The number of fused-ring (bicyclic) bond motifs is 3. The lowest BCUT2D eigenvalue weighted by Gasteiger charge is -2.31. The largest absolute Gasteiger partial charge is 0.461 e. The Kier molecular flexibility index (Phi) is 6.27. The molecule has 3 fully saturated rings. The maximum absolute atomic E-state index is 16.4. The summed E-state index contributed by atoms with van der Waals surface area (Å²) in [5.74, 6) is -2.05. The molecular formula is C30H31F3N6O. The van der Waals surface area contributed by atoms with Gasteiger partial charge in [-0.25, -0.2) is 13.2 Å². The molecule has 3 aliphatic rings. The molecule has 1 unspecified atom stereocenters. The summed E-state index contributed by atoms with van der Waals surface area (Å²) in [6.07, 6.45) is 6.93. The minimum Gasteiger partial charge on any atom is -0.461 e. The Hall–Kier alpha value is -3.50. The number of ether oxygens (including phenoxy) is 1. The maximum atomic E-state index is 16.4. The van der Waals surface area contributed by atoms with E-state index in [-0.39, 0.29) is 28.8 Å². The fraction of sp³-hybridized carbons (Fsp3) is 0.433. The van der Waals surface area contributed by atoms with Gasteiger partial charge in [0.1, 0.15) is 23.6 Å². The normalized spacial score (nSPS) is 20.4. The first-order valence-corrected chi connectivity index (χ1v) is 14.0. The van der Waals surface area contributed by atoms with Crippen LogP contribution in [-0.2, 0) is 0 Å². The zero-order valence-electron chi connectivity index (χ0n) is 22.4. The van der Waals surface area contributed by atoms with Crippen molar-refractivity contribution in [1.82, 2.24) is 25.2 Å². The Labute approximate surface area is 230 Å². The second kappa shape index (κ2) is 9.85. The molecule has 3 aliphatic heterocycles. The predicted octanol–water partition coefficient (Wildman–Crippen LogP) is 5.07. The monoisotopic (exact) mass is 548 g/mol. The van der Waals surface area contributed by atoms with Gasteiger partial charge in [0.25, 0.3) is 0 Å². The van der Waals surface area contributed by atoms with Crippen molar-refractivity contribution < 1.29 is 17.9 Å². The molecule has 1 N–H and O–H groups in total. The number of benzene rings is 2. The summed E-state index contributed by atoms with van der Waals surface area (Å²) in [5, 5.41) is 4.67. The smallest absolute Gasteiger partial charge is 0.319 e. The van der Waals surface area contributed by atoms with Crippen molar-refractivity contribution >= 4 is 27.5 Å². The first kappa shape index (κ1) is 25.5. The molecule has 0 amide bonds. The van der Waals surface area contributed by atoms with Crippen LogP contribution in [0.1, 0.15) is 32.1 Å². The minimum atomic E-state index is -1.000. The van der Waals surface area contributed by atoms with E-state index >= 15 is 4.39 Å². The quantitative estimate of drug-likeness (QED) is 0.361. The summed E-state index contributed by atoms with van der Waals surface area (Å²) in [6.45, 7) is 4.30. The average Bonchev–Trinajstić information content (AvgIpc) is 3.70. The van der Waals surface area contributed by atoms with Crippen LogP contribution in [0.4, 0.5) is 19.0 Å². The molecule has 2 aromatic heterocycles. The first-order valence-electron chi connectivity index (χ1n) is 14.0. The zero-order chi connectivity index (χ0) is 27.4. The van der Waals surface area contributed by atoms with Gasteiger partial charge in [-0.2, -0.15) is 9.97 Å². The number of pyridine rings is 1. The molecule has 0 spiro atoms. The average molecular weight is 549 g/mol. The van der Waals surface area contributed by atoms with Crippen LogP contribution in [0.2, 0.25) is 0 Å². The van der Waals surface area contributed by atoms with Gasteiger partial charge in [-0.15, -0.1) is 0 Å². The summed E-state index contributed by atoms with van der Waals surface area (Å²) < 4.78 is 50.8. The van der Waals surface area contributed by atoms with Gasteiger partial charge in [0.2, 0.25) is 0 Å². The summed E-state index contributed by atoms with van der Waals surface area (Å²) >= 11 is 0. The Morgan fingerprint density at radius 3 is 2.65 bits per heavy atom. The van der Waals surface area contributed by atoms with Gasteiger partial charge in [-0.05, 0) is 74.6 Å². The molecule has 0 saturated carbocycles. The Morgan fingerprint density at radius 2 is 1.88 bits per heavy atom. The number of likely N-dealkylation sites (N-methyl/N-ethyl adjacent to an activating group) is 1. The molecule has 0 aliphatic carbocycles. The third-order valence-corrected chi connectivity index (χ3v) is 9.02. The molecule has 5 heterocycles. The van der Waals surface area contributed by atoms with E-state index in [0.717, 1.165) is 70.4 Å². The molecule has 0 radical (unpaired) electrons. The fourth-order valence-corrected chi connectivity index (χ4v) is 6.82. The van der Waals surface area contributed by atoms with E-state index in [9.17, 15) is 8.78 Å². The van der Waals surface area contributed by atoms with Gasteiger partial charge in [-0.3, -0.25) is 9.88 Å². The molecule has 0 bridgehead atoms. The Bertz CT molecular complexity index is 1600. The van der Waals surface area contributed by atoms with E-state index in [2.05, 4.69) is 20.2 Å². The number of hydrogen-bond acceptors (Lipinski definition) is 7. The van der Waals surface area contributed by atoms with E-state index in [1.54, 1.807) is 24.4 Å². The van der Waals surface area contributed by atoms with Crippen LogP contribution in [0.3, 0.4) is 0 Å².